The number of amides is 2. The number of thiophene rings is 1. The van der Waals surface area contributed by atoms with E-state index < -0.39 is 44.9 Å². The first-order valence-corrected chi connectivity index (χ1v) is 15.2. The number of ether oxygens (including phenoxy) is 1. The normalized spacial score (nSPS) is 14.3. The number of anilines is 1. The molecule has 2 heterocycles. The molecule has 0 aliphatic heterocycles. The third kappa shape index (κ3) is 6.33. The molecule has 198 valence electrons. The van der Waals surface area contributed by atoms with E-state index in [0.717, 1.165) is 47.5 Å². The lowest BCUT2D eigenvalue weighted by molar-refractivity contribution is -0.115. The minimum atomic E-state index is -4.15. The van der Waals surface area contributed by atoms with E-state index >= 15 is 0 Å². The van der Waals surface area contributed by atoms with Crippen LogP contribution < -0.4 is 10.1 Å². The van der Waals surface area contributed by atoms with Crippen LogP contribution in [0.4, 0.5) is 9.39 Å². The second-order valence-electron chi connectivity index (χ2n) is 8.63. The molecule has 1 N–H and O–H groups in total. The standard InChI is InChI=1S/C24H26FN3O6S3/c1-3-34-23(31)21-15-7-5-4-6-8-17(15)35-22(21)26-19(29)12-37(32,33)13-20(30)27-24-28(2)16-10-9-14(25)11-18(16)36-24/h9-11H,3-8,12-13H2,1-2H3,(H,26,29). The van der Waals surface area contributed by atoms with E-state index in [1.54, 1.807) is 24.6 Å². The van der Waals surface area contributed by atoms with Crippen LogP contribution in [0.1, 0.15) is 47.0 Å². The molecule has 1 aliphatic rings. The second kappa shape index (κ2) is 11.2. The van der Waals surface area contributed by atoms with Crippen molar-refractivity contribution in [1.82, 2.24) is 4.57 Å². The second-order valence-corrected chi connectivity index (χ2v) is 12.8. The van der Waals surface area contributed by atoms with Crippen molar-refractivity contribution < 1.29 is 31.9 Å². The zero-order valence-corrected chi connectivity index (χ0v) is 22.8. The van der Waals surface area contributed by atoms with E-state index in [9.17, 15) is 27.2 Å². The lowest BCUT2D eigenvalue weighted by Crippen LogP contribution is -2.28. The maximum Gasteiger partial charge on any atom is 0.341 e. The summed E-state index contributed by atoms with van der Waals surface area (Å²) < 4.78 is 46.0. The van der Waals surface area contributed by atoms with Gasteiger partial charge in [0.25, 0.3) is 5.91 Å². The van der Waals surface area contributed by atoms with Crippen LogP contribution in [0.15, 0.2) is 23.2 Å². The summed E-state index contributed by atoms with van der Waals surface area (Å²) in [6.07, 6.45) is 4.38. The minimum absolute atomic E-state index is 0.170. The highest BCUT2D eigenvalue weighted by molar-refractivity contribution is 7.92. The fourth-order valence-electron chi connectivity index (χ4n) is 4.20. The summed E-state index contributed by atoms with van der Waals surface area (Å²) in [5.74, 6) is -4.68. The van der Waals surface area contributed by atoms with Crippen LogP contribution in [0.2, 0.25) is 0 Å². The first-order valence-electron chi connectivity index (χ1n) is 11.7. The molecule has 2 aromatic heterocycles. The predicted molar refractivity (Wildman–Crippen MR) is 140 cm³/mol. The molecule has 37 heavy (non-hydrogen) atoms. The largest absolute Gasteiger partial charge is 0.462 e. The molecule has 4 rings (SSSR count). The Morgan fingerprint density at radius 2 is 1.89 bits per heavy atom. The maximum atomic E-state index is 13.5. The summed E-state index contributed by atoms with van der Waals surface area (Å²) in [6, 6.07) is 4.13. The Kier molecular flexibility index (Phi) is 8.24. The predicted octanol–water partition coefficient (Wildman–Crippen LogP) is 3.37. The number of esters is 1. The molecular weight excluding hydrogens is 541 g/mol. The number of carbonyl (C=O) groups is 3. The number of thiazole rings is 1. The number of nitrogens with zero attached hydrogens (tertiary/aromatic N) is 2. The summed E-state index contributed by atoms with van der Waals surface area (Å²) in [5, 5.41) is 2.83. The van der Waals surface area contributed by atoms with Crippen LogP contribution in [0.3, 0.4) is 0 Å². The number of hydrogen-bond donors (Lipinski definition) is 1. The lowest BCUT2D eigenvalue weighted by atomic mass is 10.1. The van der Waals surface area contributed by atoms with Gasteiger partial charge < -0.3 is 14.6 Å². The number of aryl methyl sites for hydroxylation is 2. The summed E-state index contributed by atoms with van der Waals surface area (Å²) >= 11 is 2.31. The molecule has 0 atom stereocenters. The average molecular weight is 568 g/mol. The Morgan fingerprint density at radius 3 is 2.65 bits per heavy atom. The summed E-state index contributed by atoms with van der Waals surface area (Å²) in [4.78, 5) is 42.8. The van der Waals surface area contributed by atoms with Gasteiger partial charge in [0.15, 0.2) is 14.6 Å². The summed E-state index contributed by atoms with van der Waals surface area (Å²) in [5.41, 5.74) is 1.78. The van der Waals surface area contributed by atoms with Gasteiger partial charge in [0.2, 0.25) is 5.91 Å². The van der Waals surface area contributed by atoms with Crippen LogP contribution in [-0.4, -0.2) is 48.9 Å². The molecule has 3 aromatic rings. The molecule has 2 amide bonds. The van der Waals surface area contributed by atoms with Gasteiger partial charge in [0, 0.05) is 11.9 Å². The number of fused-ring (bicyclic) bond motifs is 2. The minimum Gasteiger partial charge on any atom is -0.462 e. The SMILES string of the molecule is CCOC(=O)c1c(NC(=O)CS(=O)(=O)CC(=O)N=c2sc3cc(F)ccc3n2C)sc2c1CCCCC2. The number of halogens is 1. The molecule has 0 fully saturated rings. The number of aromatic nitrogens is 1. The van der Waals surface area contributed by atoms with Gasteiger partial charge in [-0.3, -0.25) is 9.59 Å². The number of carbonyl (C=O) groups excluding carboxylic acids is 3. The van der Waals surface area contributed by atoms with Crippen molar-refractivity contribution in [2.24, 2.45) is 12.0 Å². The van der Waals surface area contributed by atoms with E-state index in [1.807, 2.05) is 0 Å². The maximum absolute atomic E-state index is 13.5. The monoisotopic (exact) mass is 567 g/mol. The molecule has 0 spiro atoms. The average Bonchev–Trinajstić information content (AvgIpc) is 3.18. The molecule has 1 aliphatic carbocycles. The number of nitrogens with one attached hydrogen (secondary N) is 1. The zero-order chi connectivity index (χ0) is 26.7. The molecule has 0 radical (unpaired) electrons. The Bertz CT molecular complexity index is 1550. The van der Waals surface area contributed by atoms with Crippen molar-refractivity contribution in [3.63, 3.8) is 0 Å². The quantitative estimate of drug-likeness (QED) is 0.345. The van der Waals surface area contributed by atoms with Gasteiger partial charge in [-0.15, -0.1) is 11.3 Å². The third-order valence-corrected chi connectivity index (χ3v) is 9.53. The highest BCUT2D eigenvalue weighted by Gasteiger charge is 2.28. The molecule has 0 saturated carbocycles. The van der Waals surface area contributed by atoms with E-state index in [-0.39, 0.29) is 22.0 Å². The van der Waals surface area contributed by atoms with Gasteiger partial charge in [-0.05, 0) is 56.4 Å². The van der Waals surface area contributed by atoms with Crippen molar-refractivity contribution in [3.8, 4) is 0 Å². The van der Waals surface area contributed by atoms with Crippen LogP contribution in [-0.2, 0) is 44.1 Å². The number of hydrogen-bond acceptors (Lipinski definition) is 8. The van der Waals surface area contributed by atoms with Crippen molar-refractivity contribution >= 4 is 65.5 Å². The number of rotatable bonds is 7. The van der Waals surface area contributed by atoms with Crippen LogP contribution >= 0.6 is 22.7 Å². The fourth-order valence-corrected chi connectivity index (χ4v) is 7.57. The summed E-state index contributed by atoms with van der Waals surface area (Å²) in [6.45, 7) is 1.86. The van der Waals surface area contributed by atoms with Crippen molar-refractivity contribution in [3.05, 3.63) is 44.8 Å². The van der Waals surface area contributed by atoms with Crippen molar-refractivity contribution in [2.45, 2.75) is 39.0 Å². The topological polar surface area (TPSA) is 124 Å². The molecule has 9 nitrogen and oxygen atoms in total. The van der Waals surface area contributed by atoms with Gasteiger partial charge in [-0.2, -0.15) is 4.99 Å². The number of sulfone groups is 1. The van der Waals surface area contributed by atoms with Crippen LogP contribution in [0.5, 0.6) is 0 Å². The molecule has 0 unspecified atom stereocenters. The van der Waals surface area contributed by atoms with Gasteiger partial charge in [0.05, 0.1) is 22.4 Å². The Labute approximate surface area is 220 Å². The molecule has 13 heteroatoms. The molecule has 1 aromatic carbocycles. The van der Waals surface area contributed by atoms with Crippen LogP contribution in [0, 0.1) is 5.82 Å². The molecule has 0 saturated heterocycles. The van der Waals surface area contributed by atoms with E-state index in [1.165, 1.54) is 23.5 Å². The van der Waals surface area contributed by atoms with Crippen molar-refractivity contribution in [1.29, 1.82) is 0 Å². The van der Waals surface area contributed by atoms with Gasteiger partial charge in [-0.25, -0.2) is 17.6 Å². The fraction of sp³-hybridized carbons (Fsp3) is 0.417. The zero-order valence-electron chi connectivity index (χ0n) is 20.3. The van der Waals surface area contributed by atoms with E-state index in [2.05, 4.69) is 10.3 Å². The third-order valence-electron chi connectivity index (χ3n) is 5.84. The number of benzene rings is 1. The van der Waals surface area contributed by atoms with Crippen molar-refractivity contribution in [2.75, 3.05) is 23.4 Å². The Hall–Kier alpha value is -2.90. The molecular formula is C24H26FN3O6S3. The first-order chi connectivity index (χ1) is 17.6. The van der Waals surface area contributed by atoms with Crippen LogP contribution in [0.25, 0.3) is 10.2 Å². The first kappa shape index (κ1) is 27.1. The lowest BCUT2D eigenvalue weighted by Gasteiger charge is -2.08. The Balaban J connectivity index is 1.49. The smallest absolute Gasteiger partial charge is 0.341 e. The van der Waals surface area contributed by atoms with Gasteiger partial charge >= 0.3 is 5.97 Å². The molecule has 0 bridgehead atoms. The van der Waals surface area contributed by atoms with E-state index in [4.69, 9.17) is 4.74 Å². The Morgan fingerprint density at radius 1 is 1.14 bits per heavy atom. The highest BCUT2D eigenvalue weighted by Crippen LogP contribution is 2.38. The summed E-state index contributed by atoms with van der Waals surface area (Å²) in [7, 11) is -2.52. The van der Waals surface area contributed by atoms with E-state index in [0.29, 0.717) is 16.6 Å². The van der Waals surface area contributed by atoms with Gasteiger partial charge in [0.1, 0.15) is 22.3 Å². The van der Waals surface area contributed by atoms with Gasteiger partial charge in [-0.1, -0.05) is 17.8 Å². The highest BCUT2D eigenvalue weighted by atomic mass is 32.2.